The minimum Gasteiger partial charge on any atom is -0.485 e. The lowest BCUT2D eigenvalue weighted by Crippen LogP contribution is -2.42. The first-order valence-electron chi connectivity index (χ1n) is 19.8. The van der Waals surface area contributed by atoms with Crippen molar-refractivity contribution in [2.45, 2.75) is 43.6 Å². The Kier molecular flexibility index (Phi) is 7.77. The van der Waals surface area contributed by atoms with E-state index in [1.807, 2.05) is 18.2 Å². The average Bonchev–Trinajstić information content (AvgIpc) is 3.57. The number of hydrogen-bond donors (Lipinski definition) is 0. The van der Waals surface area contributed by atoms with Crippen molar-refractivity contribution in [3.63, 3.8) is 0 Å². The molecule has 1 unspecified atom stereocenters. The highest BCUT2D eigenvalue weighted by Crippen LogP contribution is 2.61. The molecule has 4 nitrogen and oxygen atoms in total. The van der Waals surface area contributed by atoms with E-state index in [1.165, 1.54) is 55.7 Å². The Morgan fingerprint density at radius 3 is 1.96 bits per heavy atom. The van der Waals surface area contributed by atoms with Crippen molar-refractivity contribution in [1.29, 1.82) is 0 Å². The van der Waals surface area contributed by atoms with E-state index < -0.39 is 5.41 Å². The lowest BCUT2D eigenvalue weighted by molar-refractivity contribution is 0.205. The van der Waals surface area contributed by atoms with Gasteiger partial charge in [-0.3, -0.25) is 0 Å². The summed E-state index contributed by atoms with van der Waals surface area (Å²) in [5, 5.41) is 0. The molecule has 0 saturated carbocycles. The van der Waals surface area contributed by atoms with Crippen LogP contribution in [0.25, 0.3) is 50.6 Å². The smallest absolute Gasteiger partial charge is 0.164 e. The number of allylic oxidation sites excluding steroid dienone is 10. The molecule has 56 heavy (non-hydrogen) atoms. The Morgan fingerprint density at radius 2 is 1.21 bits per heavy atom. The molecule has 2 heterocycles. The summed E-state index contributed by atoms with van der Waals surface area (Å²) in [6.07, 6.45) is 22.7. The molecule has 0 radical (unpaired) electrons. The molecule has 268 valence electrons. The third kappa shape index (κ3) is 5.16. The second kappa shape index (κ2) is 13.3. The van der Waals surface area contributed by atoms with Crippen LogP contribution in [0.1, 0.15) is 65.7 Å². The predicted octanol–water partition coefficient (Wildman–Crippen LogP) is 12.2. The van der Waals surface area contributed by atoms with Crippen LogP contribution in [-0.4, -0.2) is 21.1 Å². The number of ether oxygens (including phenoxy) is 1. The molecule has 1 aromatic heterocycles. The Labute approximate surface area is 327 Å². The van der Waals surface area contributed by atoms with Crippen molar-refractivity contribution in [1.82, 2.24) is 15.0 Å². The van der Waals surface area contributed by atoms with Crippen LogP contribution in [0.3, 0.4) is 0 Å². The number of hydrogen-bond acceptors (Lipinski definition) is 4. The SMILES string of the molecule is C1=CCC2Oc3cc(C4=C(c5ccc(-c6nc(C7=CCCC=C7)nc(-c7ccccc7)n6)cc5)C=CCC4)ccc3C3(C2=C1)c1ccccc1-c1ccccc13. The molecule has 0 fully saturated rings. The molecule has 5 aliphatic rings. The lowest BCUT2D eigenvalue weighted by Gasteiger charge is -2.45. The molecule has 11 rings (SSSR count). The molecule has 1 atom stereocenters. The van der Waals surface area contributed by atoms with Gasteiger partial charge >= 0.3 is 0 Å². The molecule has 1 spiro atoms. The van der Waals surface area contributed by atoms with Crippen molar-refractivity contribution < 1.29 is 4.74 Å². The van der Waals surface area contributed by atoms with Crippen LogP contribution in [0.15, 0.2) is 176 Å². The third-order valence-electron chi connectivity index (χ3n) is 12.0. The molecular formula is C52H39N3O. The summed E-state index contributed by atoms with van der Waals surface area (Å²) in [7, 11) is 0. The van der Waals surface area contributed by atoms with Crippen molar-refractivity contribution in [2.75, 3.05) is 0 Å². The summed E-state index contributed by atoms with van der Waals surface area (Å²) in [5.74, 6) is 3.05. The molecule has 0 N–H and O–H groups in total. The first kappa shape index (κ1) is 32.8. The molecular weight excluding hydrogens is 683 g/mol. The first-order valence-corrected chi connectivity index (χ1v) is 19.8. The molecule has 0 amide bonds. The molecule has 4 aliphatic carbocycles. The summed E-state index contributed by atoms with van der Waals surface area (Å²) >= 11 is 0. The van der Waals surface area contributed by atoms with E-state index in [4.69, 9.17) is 19.7 Å². The van der Waals surface area contributed by atoms with Crippen LogP contribution in [-0.2, 0) is 5.41 Å². The third-order valence-corrected chi connectivity index (χ3v) is 12.0. The zero-order valence-corrected chi connectivity index (χ0v) is 31.0. The van der Waals surface area contributed by atoms with Gasteiger partial charge in [-0.25, -0.2) is 15.0 Å². The van der Waals surface area contributed by atoms with E-state index in [2.05, 4.69) is 152 Å². The second-order valence-electron chi connectivity index (χ2n) is 15.2. The van der Waals surface area contributed by atoms with Crippen molar-refractivity contribution in [2.24, 2.45) is 0 Å². The van der Waals surface area contributed by atoms with Gasteiger partial charge in [-0.2, -0.15) is 0 Å². The Morgan fingerprint density at radius 1 is 0.554 bits per heavy atom. The van der Waals surface area contributed by atoms with Crippen molar-refractivity contribution in [3.8, 4) is 39.7 Å². The van der Waals surface area contributed by atoms with Crippen molar-refractivity contribution >= 4 is 16.7 Å². The highest BCUT2D eigenvalue weighted by molar-refractivity contribution is 5.97. The summed E-state index contributed by atoms with van der Waals surface area (Å²) < 4.78 is 7.00. The maximum Gasteiger partial charge on any atom is 0.164 e. The summed E-state index contributed by atoms with van der Waals surface area (Å²) in [5.41, 5.74) is 15.4. The van der Waals surface area contributed by atoms with Gasteiger partial charge < -0.3 is 4.74 Å². The Hall–Kier alpha value is -6.65. The minimum absolute atomic E-state index is 0.0297. The van der Waals surface area contributed by atoms with Crippen LogP contribution < -0.4 is 4.74 Å². The van der Waals surface area contributed by atoms with Gasteiger partial charge in [-0.15, -0.1) is 0 Å². The maximum absolute atomic E-state index is 7.00. The summed E-state index contributed by atoms with van der Waals surface area (Å²) in [6, 6.07) is 43.9. The number of fused-ring (bicyclic) bond motifs is 9. The molecule has 6 aromatic rings. The van der Waals surface area contributed by atoms with Gasteiger partial charge in [-0.05, 0) is 81.8 Å². The van der Waals surface area contributed by atoms with Gasteiger partial charge in [0.15, 0.2) is 17.5 Å². The first-order chi connectivity index (χ1) is 27.8. The van der Waals surface area contributed by atoms with E-state index in [0.29, 0.717) is 17.5 Å². The minimum atomic E-state index is -0.396. The number of aromatic nitrogens is 3. The van der Waals surface area contributed by atoms with Gasteiger partial charge in [0.05, 0.1) is 5.41 Å². The fraction of sp³-hybridized carbons (Fsp3) is 0.135. The Balaban J connectivity index is 1.00. The lowest BCUT2D eigenvalue weighted by atomic mass is 9.63. The standard InChI is InChI=1S/C52H39N3O/c1-3-15-35(16-4-1)49-53-50(36-17-5-2-6-18-36)55-51(54-49)37-29-27-34(28-30-37)39-19-7-8-20-40(39)38-31-32-46-48(33-38)56-47-26-14-13-25-45(47)52(46)43-23-11-9-21-41(43)42-22-10-12-24-44(42)52/h1,3-5,7,9-19,21-25,27-33,47H,2,6,8,20,26H2. The summed E-state index contributed by atoms with van der Waals surface area (Å²) in [6.45, 7) is 0. The van der Waals surface area contributed by atoms with Crippen LogP contribution in [0, 0.1) is 0 Å². The zero-order valence-electron chi connectivity index (χ0n) is 31.0. The van der Waals surface area contributed by atoms with Gasteiger partial charge in [0.2, 0.25) is 0 Å². The van der Waals surface area contributed by atoms with E-state index in [9.17, 15) is 0 Å². The molecule has 1 aliphatic heterocycles. The summed E-state index contributed by atoms with van der Waals surface area (Å²) in [4.78, 5) is 14.9. The van der Waals surface area contributed by atoms with Crippen LogP contribution >= 0.6 is 0 Å². The zero-order chi connectivity index (χ0) is 37.1. The van der Waals surface area contributed by atoms with E-state index in [1.54, 1.807) is 0 Å². The highest BCUT2D eigenvalue weighted by atomic mass is 16.5. The van der Waals surface area contributed by atoms with Gasteiger partial charge in [0.1, 0.15) is 11.9 Å². The van der Waals surface area contributed by atoms with E-state index in [0.717, 1.165) is 54.6 Å². The van der Waals surface area contributed by atoms with Crippen LogP contribution in [0.5, 0.6) is 5.75 Å². The number of benzene rings is 5. The van der Waals surface area contributed by atoms with Crippen LogP contribution in [0.2, 0.25) is 0 Å². The van der Waals surface area contributed by atoms with Gasteiger partial charge in [-0.1, -0.05) is 164 Å². The van der Waals surface area contributed by atoms with Crippen molar-refractivity contribution in [3.05, 3.63) is 209 Å². The maximum atomic E-state index is 7.00. The van der Waals surface area contributed by atoms with Gasteiger partial charge in [0, 0.05) is 28.7 Å². The molecule has 5 aromatic carbocycles. The monoisotopic (exact) mass is 721 g/mol. The Bertz CT molecular complexity index is 2700. The molecule has 0 saturated heterocycles. The highest BCUT2D eigenvalue weighted by Gasteiger charge is 2.53. The average molecular weight is 722 g/mol. The predicted molar refractivity (Wildman–Crippen MR) is 227 cm³/mol. The van der Waals surface area contributed by atoms with E-state index in [-0.39, 0.29) is 6.10 Å². The molecule has 4 heteroatoms. The largest absolute Gasteiger partial charge is 0.485 e. The fourth-order valence-electron chi connectivity index (χ4n) is 9.51. The van der Waals surface area contributed by atoms with Crippen LogP contribution in [0.4, 0.5) is 0 Å². The van der Waals surface area contributed by atoms with E-state index >= 15 is 0 Å². The fourth-order valence-corrected chi connectivity index (χ4v) is 9.51. The molecule has 0 bridgehead atoms. The quantitative estimate of drug-likeness (QED) is 0.178. The topological polar surface area (TPSA) is 47.9 Å². The number of rotatable bonds is 5. The number of nitrogens with zero attached hydrogens (tertiary/aromatic N) is 3. The normalized spacial score (nSPS) is 18.4. The second-order valence-corrected chi connectivity index (χ2v) is 15.2. The van der Waals surface area contributed by atoms with Gasteiger partial charge in [0.25, 0.3) is 0 Å².